The number of benzene rings is 2. The maximum absolute atomic E-state index is 13.1. The number of hydrogen-bond acceptors (Lipinski definition) is 3. The maximum Gasteiger partial charge on any atom is 0.253 e. The Kier molecular flexibility index (Phi) is 7.45. The summed E-state index contributed by atoms with van der Waals surface area (Å²) in [5, 5.41) is 0.668. The molecule has 2 amide bonds. The van der Waals surface area contributed by atoms with Crippen molar-refractivity contribution in [1.29, 1.82) is 0 Å². The van der Waals surface area contributed by atoms with Gasteiger partial charge in [-0.25, -0.2) is 0 Å². The summed E-state index contributed by atoms with van der Waals surface area (Å²) < 4.78 is 0. The molecule has 3 aliphatic rings. The van der Waals surface area contributed by atoms with Gasteiger partial charge >= 0.3 is 0 Å². The highest BCUT2D eigenvalue weighted by atomic mass is 35.5. The third-order valence-electron chi connectivity index (χ3n) is 8.09. The van der Waals surface area contributed by atoms with Crippen molar-refractivity contribution in [3.8, 4) is 11.1 Å². The van der Waals surface area contributed by atoms with Crippen LogP contribution in [0.4, 0.5) is 0 Å². The monoisotopic (exact) mass is 493 g/mol. The van der Waals surface area contributed by atoms with E-state index in [1.807, 2.05) is 41.3 Å². The molecule has 6 heteroatoms. The number of rotatable bonds is 5. The molecule has 5 rings (SSSR count). The predicted octanol–water partition coefficient (Wildman–Crippen LogP) is 5.12. The molecule has 0 radical (unpaired) electrons. The summed E-state index contributed by atoms with van der Waals surface area (Å²) in [6, 6.07) is 14.3. The van der Waals surface area contributed by atoms with E-state index in [9.17, 15) is 9.59 Å². The Balaban J connectivity index is 1.26. The first-order chi connectivity index (χ1) is 17.0. The summed E-state index contributed by atoms with van der Waals surface area (Å²) in [5.41, 5.74) is 3.67. The molecule has 5 nitrogen and oxygen atoms in total. The smallest absolute Gasteiger partial charge is 0.253 e. The highest BCUT2D eigenvalue weighted by molar-refractivity contribution is 6.33. The highest BCUT2D eigenvalue weighted by Crippen LogP contribution is 2.33. The highest BCUT2D eigenvalue weighted by Gasteiger charge is 2.36. The van der Waals surface area contributed by atoms with Gasteiger partial charge in [0, 0.05) is 60.8 Å². The van der Waals surface area contributed by atoms with Gasteiger partial charge in [0.1, 0.15) is 0 Å². The third-order valence-corrected chi connectivity index (χ3v) is 8.41. The van der Waals surface area contributed by atoms with Crippen LogP contribution < -0.4 is 0 Å². The molecule has 2 aromatic carbocycles. The van der Waals surface area contributed by atoms with Crippen LogP contribution in [0.5, 0.6) is 0 Å². The van der Waals surface area contributed by atoms with Crippen LogP contribution in [-0.2, 0) is 11.2 Å². The fourth-order valence-electron chi connectivity index (χ4n) is 5.92. The van der Waals surface area contributed by atoms with Gasteiger partial charge in [0.05, 0.1) is 0 Å². The first-order valence-corrected chi connectivity index (χ1v) is 13.5. The third kappa shape index (κ3) is 5.41. The maximum atomic E-state index is 13.1. The van der Waals surface area contributed by atoms with Gasteiger partial charge in [-0.1, -0.05) is 55.1 Å². The lowest BCUT2D eigenvalue weighted by molar-refractivity contribution is -0.133. The molecule has 1 aliphatic carbocycles. The number of amides is 2. The zero-order valence-corrected chi connectivity index (χ0v) is 21.5. The van der Waals surface area contributed by atoms with Gasteiger partial charge in [-0.2, -0.15) is 0 Å². The van der Waals surface area contributed by atoms with Gasteiger partial charge < -0.3 is 14.7 Å². The average molecular weight is 494 g/mol. The van der Waals surface area contributed by atoms with Gasteiger partial charge in [-0.15, -0.1) is 0 Å². The van der Waals surface area contributed by atoms with E-state index >= 15 is 0 Å². The summed E-state index contributed by atoms with van der Waals surface area (Å²) in [6.07, 6.45) is 7.80. The molecule has 1 unspecified atom stereocenters. The van der Waals surface area contributed by atoms with Crippen molar-refractivity contribution in [2.24, 2.45) is 5.92 Å². The number of halogens is 1. The van der Waals surface area contributed by atoms with Crippen LogP contribution >= 0.6 is 11.6 Å². The molecule has 186 valence electrons. The van der Waals surface area contributed by atoms with Gasteiger partial charge in [-0.05, 0) is 62.1 Å². The van der Waals surface area contributed by atoms with Crippen LogP contribution in [0.1, 0.15) is 54.4 Å². The number of carbonyl (C=O) groups excluding carboxylic acids is 2. The number of hydrogen-bond donors (Lipinski definition) is 0. The number of carbonyl (C=O) groups is 2. The minimum atomic E-state index is 0.0587. The summed E-state index contributed by atoms with van der Waals surface area (Å²) in [6.45, 7) is 4.22. The molecule has 2 aliphatic heterocycles. The molecule has 3 fully saturated rings. The average Bonchev–Trinajstić information content (AvgIpc) is 3.24. The van der Waals surface area contributed by atoms with Crippen molar-refractivity contribution >= 4 is 23.4 Å². The predicted molar refractivity (Wildman–Crippen MR) is 141 cm³/mol. The van der Waals surface area contributed by atoms with E-state index < -0.39 is 0 Å². The SMILES string of the molecule is CN1CCN(C(=O)c2cccc(-c3ccc(CC4CCN(C5CCCCC5)C4=O)cc3Cl)c2)CC1. The van der Waals surface area contributed by atoms with Gasteiger partial charge in [0.2, 0.25) is 5.91 Å². The van der Waals surface area contributed by atoms with Gasteiger partial charge in [0.15, 0.2) is 0 Å². The summed E-state index contributed by atoms with van der Waals surface area (Å²) in [4.78, 5) is 32.4. The van der Waals surface area contributed by atoms with Crippen molar-refractivity contribution in [1.82, 2.24) is 14.7 Å². The zero-order chi connectivity index (χ0) is 24.4. The van der Waals surface area contributed by atoms with E-state index in [2.05, 4.69) is 22.9 Å². The normalized spacial score (nSPS) is 22.1. The molecular weight excluding hydrogens is 458 g/mol. The number of nitrogens with zero attached hydrogens (tertiary/aromatic N) is 3. The van der Waals surface area contributed by atoms with Crippen molar-refractivity contribution in [3.63, 3.8) is 0 Å². The number of likely N-dealkylation sites (N-methyl/N-ethyl adjacent to an activating group) is 1. The Labute approximate surface area is 214 Å². The molecule has 2 heterocycles. The topological polar surface area (TPSA) is 43.9 Å². The lowest BCUT2D eigenvalue weighted by Gasteiger charge is -2.32. The fraction of sp³-hybridized carbons (Fsp3) is 0.517. The second kappa shape index (κ2) is 10.7. The Bertz CT molecular complexity index is 1070. The van der Waals surface area contributed by atoms with Crippen LogP contribution in [0.3, 0.4) is 0 Å². The van der Waals surface area contributed by atoms with E-state index in [0.29, 0.717) is 22.5 Å². The molecule has 35 heavy (non-hydrogen) atoms. The standard InChI is InChI=1S/C29H36ClN3O2/c1-31-14-16-32(17-15-31)28(34)23-7-5-6-22(20-23)26-11-10-21(19-27(26)30)18-24-12-13-33(29(24)35)25-8-3-2-4-9-25/h5-7,10-11,19-20,24-25H,2-4,8-9,12-18H2,1H3. The van der Waals surface area contributed by atoms with Crippen LogP contribution in [0.2, 0.25) is 5.02 Å². The minimum Gasteiger partial charge on any atom is -0.339 e. The van der Waals surface area contributed by atoms with Crippen molar-refractivity contribution < 1.29 is 9.59 Å². The summed E-state index contributed by atoms with van der Waals surface area (Å²) >= 11 is 6.74. The molecule has 1 saturated carbocycles. The quantitative estimate of drug-likeness (QED) is 0.580. The second-order valence-corrected chi connectivity index (χ2v) is 10.9. The van der Waals surface area contributed by atoms with Crippen molar-refractivity contribution in [2.45, 2.75) is 51.0 Å². The number of piperazine rings is 1. The summed E-state index contributed by atoms with van der Waals surface area (Å²) in [7, 11) is 2.09. The lowest BCUT2D eigenvalue weighted by Crippen LogP contribution is -2.47. The van der Waals surface area contributed by atoms with E-state index in [1.165, 1.54) is 19.3 Å². The van der Waals surface area contributed by atoms with Gasteiger partial charge in [-0.3, -0.25) is 9.59 Å². The van der Waals surface area contributed by atoms with Crippen LogP contribution in [0, 0.1) is 5.92 Å². The molecule has 1 atom stereocenters. The summed E-state index contributed by atoms with van der Waals surface area (Å²) in [5.74, 6) is 0.463. The van der Waals surface area contributed by atoms with Crippen molar-refractivity contribution in [2.75, 3.05) is 39.8 Å². The molecule has 0 N–H and O–H groups in total. The van der Waals surface area contributed by atoms with Crippen LogP contribution in [0.25, 0.3) is 11.1 Å². The van der Waals surface area contributed by atoms with E-state index in [1.54, 1.807) is 0 Å². The largest absolute Gasteiger partial charge is 0.339 e. The first-order valence-electron chi connectivity index (χ1n) is 13.2. The first kappa shape index (κ1) is 24.3. The Morgan fingerprint density at radius 1 is 0.943 bits per heavy atom. The van der Waals surface area contributed by atoms with E-state index in [4.69, 9.17) is 11.6 Å². The Morgan fingerprint density at radius 2 is 1.71 bits per heavy atom. The molecular formula is C29H36ClN3O2. The molecule has 2 aromatic rings. The van der Waals surface area contributed by atoms with Crippen LogP contribution in [-0.4, -0.2) is 72.3 Å². The molecule has 0 aromatic heterocycles. The second-order valence-electron chi connectivity index (χ2n) is 10.5. The minimum absolute atomic E-state index is 0.0587. The number of likely N-dealkylation sites (tertiary alicyclic amines) is 1. The van der Waals surface area contributed by atoms with E-state index in [-0.39, 0.29) is 11.8 Å². The van der Waals surface area contributed by atoms with Gasteiger partial charge in [0.25, 0.3) is 5.91 Å². The lowest BCUT2D eigenvalue weighted by atomic mass is 9.93. The molecule has 2 saturated heterocycles. The van der Waals surface area contributed by atoms with Crippen LogP contribution in [0.15, 0.2) is 42.5 Å². The fourth-order valence-corrected chi connectivity index (χ4v) is 6.24. The van der Waals surface area contributed by atoms with E-state index in [0.717, 1.165) is 75.1 Å². The Hall–Kier alpha value is -2.37. The van der Waals surface area contributed by atoms with Crippen molar-refractivity contribution in [3.05, 3.63) is 58.6 Å². The molecule has 0 spiro atoms. The Morgan fingerprint density at radius 3 is 2.46 bits per heavy atom. The molecule has 0 bridgehead atoms. The zero-order valence-electron chi connectivity index (χ0n) is 20.7.